The van der Waals surface area contributed by atoms with E-state index in [2.05, 4.69) is 43.4 Å². The lowest BCUT2D eigenvalue weighted by molar-refractivity contribution is 0.979. The van der Waals surface area contributed by atoms with E-state index in [4.69, 9.17) is 0 Å². The molecular formula is C13H21NS. The van der Waals surface area contributed by atoms with Crippen LogP contribution in [0.2, 0.25) is 0 Å². The van der Waals surface area contributed by atoms with E-state index in [-0.39, 0.29) is 0 Å². The SMILES string of the molecule is CCCNc1ccc(CSCCC)cc1. The van der Waals surface area contributed by atoms with Gasteiger partial charge in [0.1, 0.15) is 0 Å². The quantitative estimate of drug-likeness (QED) is 0.697. The van der Waals surface area contributed by atoms with Gasteiger partial charge >= 0.3 is 0 Å². The minimum Gasteiger partial charge on any atom is -0.385 e. The van der Waals surface area contributed by atoms with Gasteiger partial charge in [-0.2, -0.15) is 11.8 Å². The number of anilines is 1. The second-order valence-corrected chi connectivity index (χ2v) is 4.78. The third kappa shape index (κ3) is 5.12. The summed E-state index contributed by atoms with van der Waals surface area (Å²) in [5.41, 5.74) is 2.66. The molecule has 0 saturated heterocycles. The highest BCUT2D eigenvalue weighted by molar-refractivity contribution is 7.98. The average molecular weight is 223 g/mol. The van der Waals surface area contributed by atoms with E-state index in [9.17, 15) is 0 Å². The lowest BCUT2D eigenvalue weighted by Crippen LogP contribution is -1.99. The Morgan fingerprint density at radius 2 is 1.80 bits per heavy atom. The van der Waals surface area contributed by atoms with Gasteiger partial charge in [-0.3, -0.25) is 0 Å². The Morgan fingerprint density at radius 3 is 2.40 bits per heavy atom. The third-order valence-corrected chi connectivity index (χ3v) is 3.38. The van der Waals surface area contributed by atoms with Crippen LogP contribution in [0, 0.1) is 0 Å². The molecule has 0 saturated carbocycles. The summed E-state index contributed by atoms with van der Waals surface area (Å²) >= 11 is 2.01. The van der Waals surface area contributed by atoms with Crippen molar-refractivity contribution in [1.82, 2.24) is 0 Å². The van der Waals surface area contributed by atoms with Gasteiger partial charge in [0.2, 0.25) is 0 Å². The molecule has 2 heteroatoms. The van der Waals surface area contributed by atoms with Crippen LogP contribution >= 0.6 is 11.8 Å². The maximum atomic E-state index is 3.38. The Balaban J connectivity index is 2.35. The lowest BCUT2D eigenvalue weighted by Gasteiger charge is -2.05. The number of nitrogens with one attached hydrogen (secondary N) is 1. The first-order valence-electron chi connectivity index (χ1n) is 5.77. The Hall–Kier alpha value is -0.630. The second-order valence-electron chi connectivity index (χ2n) is 3.68. The highest BCUT2D eigenvalue weighted by Crippen LogP contribution is 2.15. The number of hydrogen-bond donors (Lipinski definition) is 1. The lowest BCUT2D eigenvalue weighted by atomic mass is 10.2. The van der Waals surface area contributed by atoms with Crippen LogP contribution in [-0.4, -0.2) is 12.3 Å². The summed E-state index contributed by atoms with van der Waals surface area (Å²) in [6.07, 6.45) is 2.44. The first kappa shape index (κ1) is 12.4. The van der Waals surface area contributed by atoms with Crippen LogP contribution in [0.25, 0.3) is 0 Å². The molecule has 0 heterocycles. The van der Waals surface area contributed by atoms with Crippen molar-refractivity contribution in [3.63, 3.8) is 0 Å². The molecule has 1 nitrogen and oxygen atoms in total. The Kier molecular flexibility index (Phi) is 6.33. The van der Waals surface area contributed by atoms with Crippen molar-refractivity contribution in [1.29, 1.82) is 0 Å². The summed E-state index contributed by atoms with van der Waals surface area (Å²) in [5, 5.41) is 3.38. The van der Waals surface area contributed by atoms with Crippen LogP contribution in [-0.2, 0) is 5.75 Å². The normalized spacial score (nSPS) is 10.3. The molecule has 0 amide bonds. The van der Waals surface area contributed by atoms with Crippen molar-refractivity contribution in [2.75, 3.05) is 17.6 Å². The zero-order valence-electron chi connectivity index (χ0n) is 9.75. The molecule has 0 spiro atoms. The summed E-state index contributed by atoms with van der Waals surface area (Å²) in [5.74, 6) is 2.40. The average Bonchev–Trinajstić information content (AvgIpc) is 2.28. The molecule has 1 aromatic carbocycles. The van der Waals surface area contributed by atoms with Crippen molar-refractivity contribution in [3.8, 4) is 0 Å². The first-order chi connectivity index (χ1) is 7.36. The van der Waals surface area contributed by atoms with E-state index in [1.54, 1.807) is 0 Å². The predicted molar refractivity (Wildman–Crippen MR) is 71.7 cm³/mol. The Morgan fingerprint density at radius 1 is 1.07 bits per heavy atom. The first-order valence-corrected chi connectivity index (χ1v) is 6.92. The molecule has 0 atom stereocenters. The molecule has 15 heavy (non-hydrogen) atoms. The van der Waals surface area contributed by atoms with Crippen LogP contribution in [0.3, 0.4) is 0 Å². The smallest absolute Gasteiger partial charge is 0.0340 e. The molecule has 1 N–H and O–H groups in total. The highest BCUT2D eigenvalue weighted by Gasteiger charge is 1.94. The van der Waals surface area contributed by atoms with Gasteiger partial charge in [0.15, 0.2) is 0 Å². The van der Waals surface area contributed by atoms with Crippen molar-refractivity contribution in [3.05, 3.63) is 29.8 Å². The number of benzene rings is 1. The number of rotatable bonds is 7. The summed E-state index contributed by atoms with van der Waals surface area (Å²) < 4.78 is 0. The van der Waals surface area contributed by atoms with Crippen LogP contribution in [0.15, 0.2) is 24.3 Å². The van der Waals surface area contributed by atoms with Gasteiger partial charge in [0.05, 0.1) is 0 Å². The van der Waals surface area contributed by atoms with Crippen LogP contribution < -0.4 is 5.32 Å². The van der Waals surface area contributed by atoms with Crippen molar-refractivity contribution >= 4 is 17.4 Å². The van der Waals surface area contributed by atoms with Gasteiger partial charge in [0, 0.05) is 18.0 Å². The van der Waals surface area contributed by atoms with Crippen LogP contribution in [0.1, 0.15) is 32.3 Å². The van der Waals surface area contributed by atoms with E-state index in [1.807, 2.05) is 11.8 Å². The molecule has 0 bridgehead atoms. The van der Waals surface area contributed by atoms with Crippen LogP contribution in [0.4, 0.5) is 5.69 Å². The van der Waals surface area contributed by atoms with Gasteiger partial charge in [-0.05, 0) is 36.3 Å². The van der Waals surface area contributed by atoms with E-state index < -0.39 is 0 Å². The molecule has 0 aliphatic heterocycles. The summed E-state index contributed by atoms with van der Waals surface area (Å²) in [6, 6.07) is 8.80. The maximum absolute atomic E-state index is 3.38. The fraction of sp³-hybridized carbons (Fsp3) is 0.538. The molecule has 0 unspecified atom stereocenters. The minimum atomic E-state index is 1.06. The number of thioether (sulfide) groups is 1. The van der Waals surface area contributed by atoms with E-state index in [0.717, 1.165) is 12.3 Å². The molecule has 84 valence electrons. The van der Waals surface area contributed by atoms with Crippen molar-refractivity contribution in [2.24, 2.45) is 0 Å². The van der Waals surface area contributed by atoms with Gasteiger partial charge in [-0.1, -0.05) is 26.0 Å². The predicted octanol–water partition coefficient (Wildman–Crippen LogP) is 4.15. The fourth-order valence-electron chi connectivity index (χ4n) is 1.32. The van der Waals surface area contributed by atoms with Gasteiger partial charge < -0.3 is 5.32 Å². The zero-order valence-corrected chi connectivity index (χ0v) is 10.6. The fourth-order valence-corrected chi connectivity index (χ4v) is 2.18. The van der Waals surface area contributed by atoms with Gasteiger partial charge in [-0.15, -0.1) is 0 Å². The standard InChI is InChI=1S/C13H21NS/c1-3-9-14-13-7-5-12(6-8-13)11-15-10-4-2/h5-8,14H,3-4,9-11H2,1-2H3. The monoisotopic (exact) mass is 223 g/mol. The zero-order chi connectivity index (χ0) is 10.9. The highest BCUT2D eigenvalue weighted by atomic mass is 32.2. The Bertz CT molecular complexity index is 256. The maximum Gasteiger partial charge on any atom is 0.0340 e. The summed E-state index contributed by atoms with van der Waals surface area (Å²) in [7, 11) is 0. The topological polar surface area (TPSA) is 12.0 Å². The molecule has 1 aromatic rings. The minimum absolute atomic E-state index is 1.06. The number of hydrogen-bond acceptors (Lipinski definition) is 2. The van der Waals surface area contributed by atoms with Crippen molar-refractivity contribution in [2.45, 2.75) is 32.4 Å². The van der Waals surface area contributed by atoms with Crippen molar-refractivity contribution < 1.29 is 0 Å². The van der Waals surface area contributed by atoms with E-state index in [1.165, 1.54) is 29.8 Å². The Labute approximate surface area is 97.7 Å². The molecular weight excluding hydrogens is 202 g/mol. The summed E-state index contributed by atoms with van der Waals surface area (Å²) in [4.78, 5) is 0. The summed E-state index contributed by atoms with van der Waals surface area (Å²) in [6.45, 7) is 5.47. The molecule has 1 rings (SSSR count). The second kappa shape index (κ2) is 7.63. The molecule has 0 fully saturated rings. The van der Waals surface area contributed by atoms with Crippen LogP contribution in [0.5, 0.6) is 0 Å². The van der Waals surface area contributed by atoms with E-state index >= 15 is 0 Å². The largest absolute Gasteiger partial charge is 0.385 e. The van der Waals surface area contributed by atoms with Gasteiger partial charge in [0.25, 0.3) is 0 Å². The molecule has 0 aliphatic carbocycles. The third-order valence-electron chi connectivity index (χ3n) is 2.15. The molecule has 0 aliphatic rings. The molecule has 0 aromatic heterocycles. The molecule has 0 radical (unpaired) electrons. The van der Waals surface area contributed by atoms with Gasteiger partial charge in [-0.25, -0.2) is 0 Å². The van der Waals surface area contributed by atoms with E-state index in [0.29, 0.717) is 0 Å².